The predicted molar refractivity (Wildman–Crippen MR) is 177 cm³/mol. The van der Waals surface area contributed by atoms with E-state index in [1.165, 1.54) is 24.7 Å². The Morgan fingerprint density at radius 3 is 2.29 bits per heavy atom. The zero-order chi connectivity index (χ0) is 34.9. The first-order valence-corrected chi connectivity index (χ1v) is 15.5. The first kappa shape index (κ1) is 33.3. The van der Waals surface area contributed by atoms with Gasteiger partial charge in [-0.05, 0) is 60.2 Å². The molecule has 5 aromatic rings. The normalized spacial score (nSPS) is 13.8. The van der Waals surface area contributed by atoms with Gasteiger partial charge in [0.05, 0.1) is 18.2 Å². The van der Waals surface area contributed by atoms with Crippen LogP contribution in [0.5, 0.6) is 23.1 Å². The highest BCUT2D eigenvalue weighted by Gasteiger charge is 2.36. The van der Waals surface area contributed by atoms with Gasteiger partial charge in [-0.25, -0.2) is 4.98 Å². The number of aryl methyl sites for hydroxylation is 1. The van der Waals surface area contributed by atoms with Crippen LogP contribution in [-0.4, -0.2) is 76.6 Å². The summed E-state index contributed by atoms with van der Waals surface area (Å²) in [4.78, 5) is 34.0. The third-order valence-corrected chi connectivity index (χ3v) is 8.66. The molecule has 6 rings (SSSR count). The number of halogens is 3. The highest BCUT2D eigenvalue weighted by Crippen LogP contribution is 2.43. The smallest absolute Gasteiger partial charge is 0.417 e. The van der Waals surface area contributed by atoms with E-state index in [1.807, 2.05) is 52.9 Å². The van der Waals surface area contributed by atoms with Crippen molar-refractivity contribution in [3.8, 4) is 34.3 Å². The Balaban J connectivity index is 1.15. The number of pyridine rings is 1. The van der Waals surface area contributed by atoms with Gasteiger partial charge in [0.15, 0.2) is 0 Å². The van der Waals surface area contributed by atoms with Crippen LogP contribution in [0.2, 0.25) is 0 Å². The zero-order valence-electron chi connectivity index (χ0n) is 27.0. The van der Waals surface area contributed by atoms with Crippen molar-refractivity contribution in [2.45, 2.75) is 12.7 Å². The lowest BCUT2D eigenvalue weighted by Gasteiger charge is -2.34. The summed E-state index contributed by atoms with van der Waals surface area (Å²) in [6.45, 7) is 3.50. The lowest BCUT2D eigenvalue weighted by molar-refractivity contribution is -0.137. The van der Waals surface area contributed by atoms with Gasteiger partial charge in [0.1, 0.15) is 22.9 Å². The Kier molecular flexibility index (Phi) is 9.20. The van der Waals surface area contributed by atoms with Crippen molar-refractivity contribution in [2.24, 2.45) is 7.05 Å². The molecule has 3 heterocycles. The van der Waals surface area contributed by atoms with Crippen molar-refractivity contribution in [1.29, 1.82) is 0 Å². The van der Waals surface area contributed by atoms with Crippen LogP contribution in [0, 0.1) is 0 Å². The first-order valence-electron chi connectivity index (χ1n) is 15.5. The summed E-state index contributed by atoms with van der Waals surface area (Å²) in [6, 6.07) is 19.5. The van der Waals surface area contributed by atoms with E-state index in [9.17, 15) is 27.9 Å². The second kappa shape index (κ2) is 13.5. The number of phenols is 1. The summed E-state index contributed by atoms with van der Waals surface area (Å²) < 4.78 is 54.5. The summed E-state index contributed by atoms with van der Waals surface area (Å²) in [7, 11) is 4.79. The van der Waals surface area contributed by atoms with E-state index in [4.69, 9.17) is 9.47 Å². The molecular weight excluding hydrogens is 639 g/mol. The molecule has 1 fully saturated rings. The van der Waals surface area contributed by atoms with E-state index < -0.39 is 29.0 Å². The van der Waals surface area contributed by atoms with Crippen molar-refractivity contribution >= 4 is 22.7 Å². The second-order valence-corrected chi connectivity index (χ2v) is 11.7. The van der Waals surface area contributed by atoms with Crippen LogP contribution in [0.4, 0.5) is 13.2 Å². The molecule has 10 nitrogen and oxygen atoms in total. The van der Waals surface area contributed by atoms with Crippen LogP contribution in [0.15, 0.2) is 79.0 Å². The number of hydrogen-bond acceptors (Lipinski definition) is 7. The van der Waals surface area contributed by atoms with Gasteiger partial charge in [0.25, 0.3) is 11.8 Å². The fraction of sp³-hybridized carbons (Fsp3) is 0.250. The number of nitrogens with one attached hydrogen (secondary N) is 1. The highest BCUT2D eigenvalue weighted by molar-refractivity contribution is 6.00. The summed E-state index contributed by atoms with van der Waals surface area (Å²) in [6.07, 6.45) is -3.65. The third-order valence-electron chi connectivity index (χ3n) is 8.66. The van der Waals surface area contributed by atoms with Crippen molar-refractivity contribution in [1.82, 2.24) is 24.7 Å². The number of nitrogens with zero attached hydrogens (tertiary/aromatic N) is 4. The first-order chi connectivity index (χ1) is 23.5. The molecule has 0 aliphatic carbocycles. The van der Waals surface area contributed by atoms with Gasteiger partial charge in [-0.1, -0.05) is 12.1 Å². The molecular formula is C36H34F3N5O5. The molecule has 0 atom stereocenters. The Morgan fingerprint density at radius 1 is 0.939 bits per heavy atom. The number of benzene rings is 3. The maximum atomic E-state index is 13.8. The van der Waals surface area contributed by atoms with Crippen LogP contribution < -0.4 is 14.8 Å². The standard InChI is InChI=1S/C36H34F3N5O5/c1-40-34(46)27-10-11-28(36(37,38)39)32(33(27)45)23-6-13-31(41-20-23)49-26-9-12-29-24(18-26)19-30(42(29)2)35(47)44-16-14-43(15-17-44)21-22-4-7-25(48-3)8-5-22/h4-13,18-20,45H,14-17,21H2,1-3H3,(H,40,46). The number of methoxy groups -OCH3 is 1. The molecule has 2 N–H and O–H groups in total. The average Bonchev–Trinajstić information content (AvgIpc) is 3.43. The summed E-state index contributed by atoms with van der Waals surface area (Å²) in [5.41, 5.74) is 0.525. The molecule has 1 aliphatic rings. The average molecular weight is 674 g/mol. The number of rotatable bonds is 8. The molecule has 0 saturated carbocycles. The van der Waals surface area contributed by atoms with Gasteiger partial charge in [0, 0.05) is 81.1 Å². The number of aromatic hydroxyl groups is 1. The molecule has 49 heavy (non-hydrogen) atoms. The Bertz CT molecular complexity index is 2000. The molecule has 2 amide bonds. The van der Waals surface area contributed by atoms with Crippen LogP contribution in [0.25, 0.3) is 22.0 Å². The topological polar surface area (TPSA) is 109 Å². The van der Waals surface area contributed by atoms with Crippen molar-refractivity contribution < 1.29 is 37.3 Å². The molecule has 13 heteroatoms. The fourth-order valence-corrected chi connectivity index (χ4v) is 6.00. The monoisotopic (exact) mass is 673 g/mol. The number of carbonyl (C=O) groups is 2. The maximum absolute atomic E-state index is 13.8. The molecule has 2 aromatic heterocycles. The third kappa shape index (κ3) is 6.88. The number of aromatic nitrogens is 2. The van der Waals surface area contributed by atoms with Crippen molar-refractivity contribution in [3.05, 3.63) is 101 Å². The quantitative estimate of drug-likeness (QED) is 0.206. The Hall–Kier alpha value is -5.56. The SMILES string of the molecule is CNC(=O)c1ccc(C(F)(F)F)c(-c2ccc(Oc3ccc4c(c3)cc(C(=O)N3CCN(Cc5ccc(OC)cc5)CC3)n4C)nc2)c1O. The van der Waals surface area contributed by atoms with Gasteiger partial charge < -0.3 is 29.4 Å². The highest BCUT2D eigenvalue weighted by atomic mass is 19.4. The predicted octanol–water partition coefficient (Wildman–Crippen LogP) is 6.08. The number of hydrogen-bond donors (Lipinski definition) is 2. The molecule has 1 saturated heterocycles. The number of fused-ring (bicyclic) bond motifs is 1. The minimum Gasteiger partial charge on any atom is -0.506 e. The van der Waals surface area contributed by atoms with Crippen LogP contribution in [0.3, 0.4) is 0 Å². The number of piperazine rings is 1. The van der Waals surface area contributed by atoms with Crippen molar-refractivity contribution in [3.63, 3.8) is 0 Å². The second-order valence-electron chi connectivity index (χ2n) is 11.7. The van der Waals surface area contributed by atoms with Crippen LogP contribution >= 0.6 is 0 Å². The Morgan fingerprint density at radius 2 is 1.65 bits per heavy atom. The lowest BCUT2D eigenvalue weighted by atomic mass is 9.96. The van der Waals surface area contributed by atoms with E-state index in [0.717, 1.165) is 54.6 Å². The van der Waals surface area contributed by atoms with Gasteiger partial charge in [-0.15, -0.1) is 0 Å². The summed E-state index contributed by atoms with van der Waals surface area (Å²) in [5, 5.41) is 13.7. The number of alkyl halides is 3. The number of ether oxygens (including phenoxy) is 2. The van der Waals surface area contributed by atoms with Gasteiger partial charge in [-0.2, -0.15) is 13.2 Å². The molecule has 3 aromatic carbocycles. The van der Waals surface area contributed by atoms with Gasteiger partial charge >= 0.3 is 6.18 Å². The number of carbonyl (C=O) groups excluding carboxylic acids is 2. The number of amides is 2. The Labute approximate surface area is 280 Å². The molecule has 1 aliphatic heterocycles. The molecule has 0 unspecified atom stereocenters. The molecule has 254 valence electrons. The van der Waals surface area contributed by atoms with E-state index in [2.05, 4.69) is 15.2 Å². The molecule has 0 radical (unpaired) electrons. The summed E-state index contributed by atoms with van der Waals surface area (Å²) >= 11 is 0. The lowest BCUT2D eigenvalue weighted by Crippen LogP contribution is -2.48. The van der Waals surface area contributed by atoms with E-state index in [0.29, 0.717) is 24.5 Å². The maximum Gasteiger partial charge on any atom is 0.417 e. The number of phenolic OH excluding ortho intramolecular Hbond substituents is 1. The van der Waals surface area contributed by atoms with Crippen molar-refractivity contribution in [2.75, 3.05) is 40.3 Å². The fourth-order valence-electron chi connectivity index (χ4n) is 6.00. The minimum atomic E-state index is -4.79. The zero-order valence-corrected chi connectivity index (χ0v) is 27.0. The molecule has 0 bridgehead atoms. The van der Waals surface area contributed by atoms with E-state index >= 15 is 0 Å². The van der Waals surface area contributed by atoms with Gasteiger partial charge in [-0.3, -0.25) is 14.5 Å². The van der Waals surface area contributed by atoms with Crippen LogP contribution in [0.1, 0.15) is 32.0 Å². The van der Waals surface area contributed by atoms with Crippen LogP contribution in [-0.2, 0) is 19.8 Å². The van der Waals surface area contributed by atoms with E-state index in [1.54, 1.807) is 19.2 Å². The van der Waals surface area contributed by atoms with Gasteiger partial charge in [0.2, 0.25) is 5.88 Å². The largest absolute Gasteiger partial charge is 0.506 e. The van der Waals surface area contributed by atoms with E-state index in [-0.39, 0.29) is 22.9 Å². The summed E-state index contributed by atoms with van der Waals surface area (Å²) in [5.74, 6) is -0.285. The molecule has 0 spiro atoms. The minimum absolute atomic E-state index is 0.0499.